The number of benzene rings is 1. The summed E-state index contributed by atoms with van der Waals surface area (Å²) < 4.78 is 7.67. The average Bonchev–Trinajstić information content (AvgIpc) is 3.57. The molecule has 0 radical (unpaired) electrons. The first-order valence-corrected chi connectivity index (χ1v) is 12.0. The number of imidazole rings is 1. The number of hydrogen-bond donors (Lipinski definition) is 0. The molecule has 0 saturated heterocycles. The Morgan fingerprint density at radius 2 is 2.03 bits per heavy atom. The number of nitrogens with zero attached hydrogens (tertiary/aromatic N) is 3. The van der Waals surface area contributed by atoms with E-state index in [4.69, 9.17) is 21.0 Å². The number of rotatable bonds is 7. The fourth-order valence-electron chi connectivity index (χ4n) is 4.31. The summed E-state index contributed by atoms with van der Waals surface area (Å²) >= 11 is 7.64. The zero-order valence-electron chi connectivity index (χ0n) is 17.2. The second-order valence-corrected chi connectivity index (χ2v) is 9.36. The number of aromatic nitrogens is 2. The van der Waals surface area contributed by atoms with Crippen LogP contribution in [0.2, 0.25) is 5.02 Å². The van der Waals surface area contributed by atoms with Gasteiger partial charge in [-0.15, -0.1) is 11.3 Å². The van der Waals surface area contributed by atoms with Gasteiger partial charge in [0.2, 0.25) is 5.91 Å². The lowest BCUT2D eigenvalue weighted by Crippen LogP contribution is -2.36. The van der Waals surface area contributed by atoms with Crippen molar-refractivity contribution in [1.29, 1.82) is 0 Å². The number of carbonyl (C=O) groups excluding carboxylic acids is 1. The van der Waals surface area contributed by atoms with Crippen LogP contribution in [0.15, 0.2) is 58.7 Å². The molecule has 160 valence electrons. The van der Waals surface area contributed by atoms with E-state index in [-0.39, 0.29) is 11.8 Å². The molecule has 1 amide bonds. The molecule has 0 N–H and O–H groups in total. The van der Waals surface area contributed by atoms with Crippen LogP contribution in [0.25, 0.3) is 16.2 Å². The largest absolute Gasteiger partial charge is 0.467 e. The molecule has 0 bridgehead atoms. The quantitative estimate of drug-likeness (QED) is 0.341. The zero-order valence-corrected chi connectivity index (χ0v) is 18.7. The number of hydrogen-bond acceptors (Lipinski definition) is 4. The SMILES string of the molecule is O=C(C1CCCC1)N(CCc1csc2nc(-c3ccc(Cl)cc3)cn12)Cc1ccco1. The van der Waals surface area contributed by atoms with E-state index in [2.05, 4.69) is 16.0 Å². The van der Waals surface area contributed by atoms with E-state index in [1.54, 1.807) is 17.6 Å². The lowest BCUT2D eigenvalue weighted by atomic mass is 10.1. The molecule has 4 aromatic rings. The fourth-order valence-corrected chi connectivity index (χ4v) is 5.34. The Morgan fingerprint density at radius 3 is 2.77 bits per heavy atom. The van der Waals surface area contributed by atoms with Gasteiger partial charge in [-0.3, -0.25) is 9.20 Å². The molecule has 0 unspecified atom stereocenters. The smallest absolute Gasteiger partial charge is 0.226 e. The molecule has 1 aliphatic carbocycles. The van der Waals surface area contributed by atoms with Crippen LogP contribution in [0.5, 0.6) is 0 Å². The van der Waals surface area contributed by atoms with Crippen LogP contribution >= 0.6 is 22.9 Å². The first-order valence-electron chi connectivity index (χ1n) is 10.7. The topological polar surface area (TPSA) is 50.8 Å². The molecule has 5 rings (SSSR count). The minimum Gasteiger partial charge on any atom is -0.467 e. The maximum atomic E-state index is 13.2. The van der Waals surface area contributed by atoms with E-state index in [0.29, 0.717) is 18.1 Å². The predicted molar refractivity (Wildman–Crippen MR) is 123 cm³/mol. The van der Waals surface area contributed by atoms with Crippen molar-refractivity contribution in [3.63, 3.8) is 0 Å². The molecule has 1 fully saturated rings. The van der Waals surface area contributed by atoms with Crippen molar-refractivity contribution in [3.05, 3.63) is 70.7 Å². The maximum Gasteiger partial charge on any atom is 0.226 e. The highest BCUT2D eigenvalue weighted by molar-refractivity contribution is 7.15. The van der Waals surface area contributed by atoms with Gasteiger partial charge in [0.25, 0.3) is 0 Å². The summed E-state index contributed by atoms with van der Waals surface area (Å²) in [6, 6.07) is 11.5. The first-order chi connectivity index (χ1) is 15.2. The monoisotopic (exact) mass is 453 g/mol. The fraction of sp³-hybridized carbons (Fsp3) is 0.333. The van der Waals surface area contributed by atoms with Gasteiger partial charge < -0.3 is 9.32 Å². The van der Waals surface area contributed by atoms with E-state index in [1.165, 1.54) is 0 Å². The Kier molecular flexibility index (Phi) is 5.83. The molecule has 1 aromatic carbocycles. The first kappa shape index (κ1) is 20.3. The number of halogens is 1. The summed E-state index contributed by atoms with van der Waals surface area (Å²) in [7, 11) is 0. The summed E-state index contributed by atoms with van der Waals surface area (Å²) in [4.78, 5) is 20.9. The van der Waals surface area contributed by atoms with Crippen LogP contribution in [0, 0.1) is 5.92 Å². The Morgan fingerprint density at radius 1 is 1.23 bits per heavy atom. The highest BCUT2D eigenvalue weighted by Gasteiger charge is 2.28. The highest BCUT2D eigenvalue weighted by atomic mass is 35.5. The van der Waals surface area contributed by atoms with E-state index in [9.17, 15) is 4.79 Å². The van der Waals surface area contributed by atoms with Crippen molar-refractivity contribution in [3.8, 4) is 11.3 Å². The third-order valence-electron chi connectivity index (χ3n) is 6.00. The van der Waals surface area contributed by atoms with Gasteiger partial charge in [-0.25, -0.2) is 4.98 Å². The molecule has 3 heterocycles. The van der Waals surface area contributed by atoms with Crippen molar-refractivity contribution in [1.82, 2.24) is 14.3 Å². The number of thiazole rings is 1. The molecule has 0 atom stereocenters. The number of amides is 1. The number of carbonyl (C=O) groups is 1. The van der Waals surface area contributed by atoms with Gasteiger partial charge in [0.1, 0.15) is 5.76 Å². The Labute approximate surface area is 190 Å². The second-order valence-electron chi connectivity index (χ2n) is 8.08. The van der Waals surface area contributed by atoms with Crippen LogP contribution in [0.3, 0.4) is 0 Å². The molecular weight excluding hydrogens is 430 g/mol. The summed E-state index contributed by atoms with van der Waals surface area (Å²) in [5.41, 5.74) is 3.14. The zero-order chi connectivity index (χ0) is 21.2. The molecule has 3 aromatic heterocycles. The molecule has 1 aliphatic rings. The van der Waals surface area contributed by atoms with Crippen LogP contribution in [-0.4, -0.2) is 26.7 Å². The third kappa shape index (κ3) is 4.41. The normalized spacial score (nSPS) is 14.5. The van der Waals surface area contributed by atoms with Crippen LogP contribution in [-0.2, 0) is 17.8 Å². The van der Waals surface area contributed by atoms with E-state index < -0.39 is 0 Å². The summed E-state index contributed by atoms with van der Waals surface area (Å²) in [6.45, 7) is 1.19. The number of fused-ring (bicyclic) bond motifs is 1. The van der Waals surface area contributed by atoms with Crippen LogP contribution in [0.1, 0.15) is 37.1 Å². The van der Waals surface area contributed by atoms with Gasteiger partial charge in [-0.05, 0) is 37.1 Å². The van der Waals surface area contributed by atoms with Gasteiger partial charge in [0, 0.05) is 46.7 Å². The van der Waals surface area contributed by atoms with Crippen LogP contribution < -0.4 is 0 Å². The van der Waals surface area contributed by atoms with Crippen molar-refractivity contribution < 1.29 is 9.21 Å². The minimum atomic E-state index is 0.155. The molecule has 0 aliphatic heterocycles. The molecular formula is C24H24ClN3O2S. The maximum absolute atomic E-state index is 13.2. The summed E-state index contributed by atoms with van der Waals surface area (Å²) in [5.74, 6) is 1.24. The van der Waals surface area contributed by atoms with Crippen molar-refractivity contribution in [2.75, 3.05) is 6.54 Å². The van der Waals surface area contributed by atoms with E-state index >= 15 is 0 Å². The van der Waals surface area contributed by atoms with Crippen molar-refractivity contribution in [2.45, 2.75) is 38.6 Å². The van der Waals surface area contributed by atoms with Gasteiger partial charge in [-0.1, -0.05) is 36.6 Å². The van der Waals surface area contributed by atoms with E-state index in [1.807, 2.05) is 41.3 Å². The van der Waals surface area contributed by atoms with E-state index in [0.717, 1.165) is 59.8 Å². The predicted octanol–water partition coefficient (Wildman–Crippen LogP) is 6.07. The average molecular weight is 454 g/mol. The van der Waals surface area contributed by atoms with Gasteiger partial charge >= 0.3 is 0 Å². The second kappa shape index (κ2) is 8.89. The Hall–Kier alpha value is -2.57. The Bertz CT molecular complexity index is 1160. The third-order valence-corrected chi connectivity index (χ3v) is 7.14. The molecule has 31 heavy (non-hydrogen) atoms. The van der Waals surface area contributed by atoms with Crippen molar-refractivity contribution >= 4 is 33.8 Å². The van der Waals surface area contributed by atoms with Crippen molar-refractivity contribution in [2.24, 2.45) is 5.92 Å². The standard InChI is InChI=1S/C24H24ClN3O2S/c25-19-9-7-17(8-10-19)22-15-28-20(16-31-24(28)26-22)11-12-27(14-21-6-3-13-30-21)23(29)18-4-1-2-5-18/h3,6-10,13,15-16,18H,1-2,4-5,11-12,14H2. The van der Waals surface area contributed by atoms with Gasteiger partial charge in [0.15, 0.2) is 4.96 Å². The minimum absolute atomic E-state index is 0.155. The molecule has 1 saturated carbocycles. The summed E-state index contributed by atoms with van der Waals surface area (Å²) in [6.07, 6.45) is 8.82. The molecule has 0 spiro atoms. The van der Waals surface area contributed by atoms with Crippen LogP contribution in [0.4, 0.5) is 0 Å². The lowest BCUT2D eigenvalue weighted by Gasteiger charge is -2.24. The lowest BCUT2D eigenvalue weighted by molar-refractivity contribution is -0.136. The summed E-state index contributed by atoms with van der Waals surface area (Å²) in [5, 5.41) is 2.85. The Balaban J connectivity index is 1.34. The van der Waals surface area contributed by atoms with Gasteiger partial charge in [0.05, 0.1) is 18.5 Å². The van der Waals surface area contributed by atoms with Gasteiger partial charge in [-0.2, -0.15) is 0 Å². The molecule has 5 nitrogen and oxygen atoms in total. The highest BCUT2D eigenvalue weighted by Crippen LogP contribution is 2.28. The molecule has 7 heteroatoms. The number of furan rings is 1.